The van der Waals surface area contributed by atoms with Gasteiger partial charge in [0.25, 0.3) is 0 Å². The molecule has 92 valence electrons. The highest BCUT2D eigenvalue weighted by molar-refractivity contribution is 6.03. The van der Waals surface area contributed by atoms with E-state index in [0.717, 1.165) is 18.4 Å². The van der Waals surface area contributed by atoms with Crippen molar-refractivity contribution in [2.45, 2.75) is 51.9 Å². The normalized spacial score (nSPS) is 22.8. The molecule has 2 rings (SSSR count). The molecule has 0 heterocycles. The highest BCUT2D eigenvalue weighted by Crippen LogP contribution is 2.42. The number of fused-ring (bicyclic) bond motifs is 1. The van der Waals surface area contributed by atoms with Crippen molar-refractivity contribution >= 4 is 5.78 Å². The first-order valence-corrected chi connectivity index (χ1v) is 6.92. The standard InChI is InChI=1S/C16H22O/c1-3-5-9-12-13-10-6-7-11-15(13)16(17)14(12)8-4-2/h6-7,10-12,14H,3-5,8-9H2,1-2H3. The third-order valence-electron chi connectivity index (χ3n) is 3.92. The molecule has 0 bridgehead atoms. The number of carbonyl (C=O) groups is 1. The van der Waals surface area contributed by atoms with Crippen molar-refractivity contribution in [2.24, 2.45) is 5.92 Å². The van der Waals surface area contributed by atoms with Gasteiger partial charge in [-0.05, 0) is 24.3 Å². The van der Waals surface area contributed by atoms with Gasteiger partial charge in [0.2, 0.25) is 0 Å². The minimum Gasteiger partial charge on any atom is -0.294 e. The molecule has 0 saturated carbocycles. The lowest BCUT2D eigenvalue weighted by molar-refractivity contribution is 0.0912. The summed E-state index contributed by atoms with van der Waals surface area (Å²) in [5.41, 5.74) is 2.30. The minimum absolute atomic E-state index is 0.254. The average Bonchev–Trinajstić information content (AvgIpc) is 2.62. The molecule has 0 amide bonds. The molecule has 0 N–H and O–H groups in total. The Kier molecular flexibility index (Phi) is 3.98. The smallest absolute Gasteiger partial charge is 0.166 e. The summed E-state index contributed by atoms with van der Waals surface area (Å²) in [5, 5.41) is 0. The third-order valence-corrected chi connectivity index (χ3v) is 3.92. The second kappa shape index (κ2) is 5.48. The number of carbonyl (C=O) groups excluding carboxylic acids is 1. The molecule has 0 fully saturated rings. The van der Waals surface area contributed by atoms with Crippen LogP contribution in [0.2, 0.25) is 0 Å². The summed E-state index contributed by atoms with van der Waals surface area (Å²) in [4.78, 5) is 12.4. The number of hydrogen-bond acceptors (Lipinski definition) is 1. The van der Waals surface area contributed by atoms with Crippen LogP contribution in [0.3, 0.4) is 0 Å². The van der Waals surface area contributed by atoms with Crippen molar-refractivity contribution < 1.29 is 4.79 Å². The van der Waals surface area contributed by atoms with Gasteiger partial charge in [-0.3, -0.25) is 4.79 Å². The Bertz CT molecular complexity index is 394. The van der Waals surface area contributed by atoms with Gasteiger partial charge in [-0.2, -0.15) is 0 Å². The van der Waals surface area contributed by atoms with Crippen LogP contribution < -0.4 is 0 Å². The summed E-state index contributed by atoms with van der Waals surface area (Å²) in [5.74, 6) is 1.13. The lowest BCUT2D eigenvalue weighted by atomic mass is 9.85. The Labute approximate surface area is 104 Å². The van der Waals surface area contributed by atoms with Crippen molar-refractivity contribution in [3.63, 3.8) is 0 Å². The topological polar surface area (TPSA) is 17.1 Å². The highest BCUT2D eigenvalue weighted by atomic mass is 16.1. The van der Waals surface area contributed by atoms with Crippen molar-refractivity contribution in [1.82, 2.24) is 0 Å². The van der Waals surface area contributed by atoms with Gasteiger partial charge in [0, 0.05) is 11.5 Å². The summed E-state index contributed by atoms with van der Waals surface area (Å²) in [6, 6.07) is 8.22. The number of hydrogen-bond donors (Lipinski definition) is 0. The van der Waals surface area contributed by atoms with Crippen LogP contribution in [-0.2, 0) is 0 Å². The zero-order valence-corrected chi connectivity index (χ0v) is 10.9. The molecule has 0 aromatic heterocycles. The van der Waals surface area contributed by atoms with Crippen LogP contribution in [0.25, 0.3) is 0 Å². The van der Waals surface area contributed by atoms with E-state index >= 15 is 0 Å². The van der Waals surface area contributed by atoms with E-state index in [4.69, 9.17) is 0 Å². The summed E-state index contributed by atoms with van der Waals surface area (Å²) < 4.78 is 0. The molecule has 0 aliphatic heterocycles. The molecule has 1 aliphatic rings. The molecular weight excluding hydrogens is 208 g/mol. The van der Waals surface area contributed by atoms with Crippen LogP contribution in [0.1, 0.15) is 67.8 Å². The van der Waals surface area contributed by atoms with Gasteiger partial charge in [-0.1, -0.05) is 57.4 Å². The molecule has 0 spiro atoms. The zero-order chi connectivity index (χ0) is 12.3. The van der Waals surface area contributed by atoms with Crippen molar-refractivity contribution in [1.29, 1.82) is 0 Å². The highest BCUT2D eigenvalue weighted by Gasteiger charge is 2.37. The van der Waals surface area contributed by atoms with E-state index in [2.05, 4.69) is 26.0 Å². The Balaban J connectivity index is 2.28. The fourth-order valence-electron chi connectivity index (χ4n) is 3.07. The fraction of sp³-hybridized carbons (Fsp3) is 0.562. The van der Waals surface area contributed by atoms with Crippen LogP contribution in [0.5, 0.6) is 0 Å². The average molecular weight is 230 g/mol. The number of unbranched alkanes of at least 4 members (excludes halogenated alkanes) is 1. The number of ketones is 1. The molecule has 1 aromatic rings. The quantitative estimate of drug-likeness (QED) is 0.724. The first kappa shape index (κ1) is 12.3. The van der Waals surface area contributed by atoms with Gasteiger partial charge in [-0.25, -0.2) is 0 Å². The number of Topliss-reactive ketones (excluding diaryl/α,β-unsaturated/α-hetero) is 1. The van der Waals surface area contributed by atoms with Gasteiger partial charge in [-0.15, -0.1) is 0 Å². The van der Waals surface area contributed by atoms with Crippen molar-refractivity contribution in [2.75, 3.05) is 0 Å². The second-order valence-electron chi connectivity index (χ2n) is 5.10. The molecule has 1 aliphatic carbocycles. The lowest BCUT2D eigenvalue weighted by Crippen LogP contribution is -2.13. The molecule has 0 saturated heterocycles. The SMILES string of the molecule is CCCCC1c2ccccc2C(=O)C1CCC. The predicted molar refractivity (Wildman–Crippen MR) is 71.4 cm³/mol. The van der Waals surface area contributed by atoms with Gasteiger partial charge >= 0.3 is 0 Å². The number of rotatable bonds is 5. The van der Waals surface area contributed by atoms with E-state index in [1.54, 1.807) is 0 Å². The molecule has 2 unspecified atom stereocenters. The van der Waals surface area contributed by atoms with Crippen LogP contribution in [-0.4, -0.2) is 5.78 Å². The molecule has 2 atom stereocenters. The monoisotopic (exact) mass is 230 g/mol. The summed E-state index contributed by atoms with van der Waals surface area (Å²) in [6.07, 6.45) is 5.76. The van der Waals surface area contributed by atoms with Crippen LogP contribution in [0.15, 0.2) is 24.3 Å². The van der Waals surface area contributed by atoms with Crippen LogP contribution in [0.4, 0.5) is 0 Å². The summed E-state index contributed by atoms with van der Waals surface area (Å²) in [7, 11) is 0. The predicted octanol–water partition coefficient (Wildman–Crippen LogP) is 4.57. The van der Waals surface area contributed by atoms with Crippen LogP contribution in [0, 0.1) is 5.92 Å². The maximum Gasteiger partial charge on any atom is 0.166 e. The van der Waals surface area contributed by atoms with Crippen LogP contribution >= 0.6 is 0 Å². The van der Waals surface area contributed by atoms with Gasteiger partial charge in [0.15, 0.2) is 5.78 Å². The van der Waals surface area contributed by atoms with E-state index in [0.29, 0.717) is 11.7 Å². The molecule has 17 heavy (non-hydrogen) atoms. The Morgan fingerprint density at radius 1 is 1.00 bits per heavy atom. The second-order valence-corrected chi connectivity index (χ2v) is 5.10. The summed E-state index contributed by atoms with van der Waals surface area (Å²) in [6.45, 7) is 4.39. The van der Waals surface area contributed by atoms with E-state index in [1.807, 2.05) is 12.1 Å². The van der Waals surface area contributed by atoms with E-state index in [9.17, 15) is 4.79 Å². The van der Waals surface area contributed by atoms with E-state index in [1.165, 1.54) is 24.8 Å². The Morgan fingerprint density at radius 2 is 1.76 bits per heavy atom. The first-order chi connectivity index (χ1) is 8.29. The Hall–Kier alpha value is -1.11. The third kappa shape index (κ3) is 2.29. The Morgan fingerprint density at radius 3 is 2.47 bits per heavy atom. The van der Waals surface area contributed by atoms with Crippen molar-refractivity contribution in [3.8, 4) is 0 Å². The van der Waals surface area contributed by atoms with Gasteiger partial charge in [0.1, 0.15) is 0 Å². The molecule has 0 radical (unpaired) electrons. The fourth-order valence-corrected chi connectivity index (χ4v) is 3.07. The summed E-state index contributed by atoms with van der Waals surface area (Å²) >= 11 is 0. The van der Waals surface area contributed by atoms with Gasteiger partial charge < -0.3 is 0 Å². The molecule has 1 heteroatoms. The molecule has 1 nitrogen and oxygen atoms in total. The molecular formula is C16H22O. The first-order valence-electron chi connectivity index (χ1n) is 6.92. The maximum atomic E-state index is 12.4. The minimum atomic E-state index is 0.254. The van der Waals surface area contributed by atoms with Crippen molar-refractivity contribution in [3.05, 3.63) is 35.4 Å². The lowest BCUT2D eigenvalue weighted by Gasteiger charge is -2.18. The number of benzene rings is 1. The zero-order valence-electron chi connectivity index (χ0n) is 10.9. The maximum absolute atomic E-state index is 12.4. The largest absolute Gasteiger partial charge is 0.294 e. The van der Waals surface area contributed by atoms with E-state index < -0.39 is 0 Å². The van der Waals surface area contributed by atoms with Gasteiger partial charge in [0.05, 0.1) is 0 Å². The molecule has 1 aromatic carbocycles. The van der Waals surface area contributed by atoms with E-state index in [-0.39, 0.29) is 5.92 Å².